The number of amides is 1. The van der Waals surface area contributed by atoms with E-state index >= 15 is 0 Å². The van der Waals surface area contributed by atoms with Gasteiger partial charge in [0.25, 0.3) is 5.91 Å². The van der Waals surface area contributed by atoms with Crippen LogP contribution in [0.1, 0.15) is 27.4 Å². The van der Waals surface area contributed by atoms with Crippen LogP contribution >= 0.6 is 15.9 Å². The quantitative estimate of drug-likeness (QED) is 0.920. The van der Waals surface area contributed by atoms with Gasteiger partial charge in [-0.2, -0.15) is 0 Å². The van der Waals surface area contributed by atoms with E-state index < -0.39 is 0 Å². The molecule has 2 aromatic carbocycles. The van der Waals surface area contributed by atoms with E-state index in [4.69, 9.17) is 4.74 Å². The molecule has 0 heterocycles. The van der Waals surface area contributed by atoms with Gasteiger partial charge in [-0.15, -0.1) is 0 Å². The smallest absolute Gasteiger partial charge is 0.252 e. The summed E-state index contributed by atoms with van der Waals surface area (Å²) in [5.74, 6) is 1.03. The summed E-state index contributed by atoms with van der Waals surface area (Å²) in [6, 6.07) is 13.8. The van der Waals surface area contributed by atoms with Crippen LogP contribution in [0.4, 0.5) is 0 Å². The second-order valence-electron chi connectivity index (χ2n) is 5.16. The number of rotatable bonds is 4. The average molecular weight is 346 g/mol. The molecule has 1 amide bonds. The number of hydrogen-bond acceptors (Lipinski definition) is 2. The first-order valence-electron chi connectivity index (χ1n) is 6.88. The molecule has 4 heteroatoms. The van der Waals surface area contributed by atoms with Crippen molar-refractivity contribution in [1.29, 1.82) is 0 Å². The van der Waals surface area contributed by atoms with Gasteiger partial charge in [0.1, 0.15) is 5.75 Å². The maximum atomic E-state index is 12.3. The fraction of sp³-hybridized carbons (Fsp3) is 0.235. The van der Waals surface area contributed by atoms with Crippen molar-refractivity contribution in [3.05, 3.63) is 63.6 Å². The summed E-state index contributed by atoms with van der Waals surface area (Å²) in [4.78, 5) is 12.3. The molecule has 21 heavy (non-hydrogen) atoms. The Morgan fingerprint density at radius 1 is 1.33 bits per heavy atom. The number of carbonyl (C=O) groups is 1. The lowest BCUT2D eigenvalue weighted by Crippen LogP contribution is -2.33. The van der Waals surface area contributed by atoms with Gasteiger partial charge in [0.15, 0.2) is 0 Å². The van der Waals surface area contributed by atoms with E-state index in [2.05, 4.69) is 39.4 Å². The van der Waals surface area contributed by atoms with E-state index in [1.807, 2.05) is 18.2 Å². The topological polar surface area (TPSA) is 38.3 Å². The van der Waals surface area contributed by atoms with Gasteiger partial charge in [-0.1, -0.05) is 24.3 Å². The van der Waals surface area contributed by atoms with Gasteiger partial charge in [0, 0.05) is 16.9 Å². The Morgan fingerprint density at radius 3 is 2.90 bits per heavy atom. The van der Waals surface area contributed by atoms with E-state index in [-0.39, 0.29) is 5.91 Å². The minimum absolute atomic E-state index is 0.0786. The molecule has 0 radical (unpaired) electrons. The van der Waals surface area contributed by atoms with Crippen molar-refractivity contribution >= 4 is 21.8 Å². The highest BCUT2D eigenvalue weighted by Gasteiger charge is 2.25. The van der Waals surface area contributed by atoms with Crippen LogP contribution < -0.4 is 10.1 Å². The number of benzene rings is 2. The molecule has 0 fully saturated rings. The molecule has 0 saturated heterocycles. The summed E-state index contributed by atoms with van der Waals surface area (Å²) in [5, 5.41) is 3.01. The largest absolute Gasteiger partial charge is 0.497 e. The maximum Gasteiger partial charge on any atom is 0.252 e. The second-order valence-corrected chi connectivity index (χ2v) is 6.01. The summed E-state index contributed by atoms with van der Waals surface area (Å²) in [7, 11) is 1.59. The molecular formula is C17H16BrNO2. The first-order chi connectivity index (χ1) is 10.2. The van der Waals surface area contributed by atoms with Crippen LogP contribution in [0.15, 0.2) is 46.9 Å². The van der Waals surface area contributed by atoms with Crippen molar-refractivity contribution in [2.45, 2.75) is 12.3 Å². The Labute approximate surface area is 132 Å². The number of methoxy groups -OCH3 is 1. The normalized spacial score (nSPS) is 15.8. The number of fused-ring (bicyclic) bond motifs is 1. The van der Waals surface area contributed by atoms with Gasteiger partial charge in [-0.3, -0.25) is 4.79 Å². The zero-order valence-electron chi connectivity index (χ0n) is 11.7. The minimum atomic E-state index is -0.0786. The highest BCUT2D eigenvalue weighted by Crippen LogP contribution is 2.34. The van der Waals surface area contributed by atoms with E-state index in [1.54, 1.807) is 13.2 Å². The first kappa shape index (κ1) is 14.1. The third-order valence-corrected chi connectivity index (χ3v) is 4.58. The van der Waals surface area contributed by atoms with Gasteiger partial charge in [-0.25, -0.2) is 0 Å². The lowest BCUT2D eigenvalue weighted by molar-refractivity contribution is 0.0949. The molecule has 0 aromatic heterocycles. The monoisotopic (exact) mass is 345 g/mol. The molecule has 1 aliphatic rings. The number of nitrogens with one attached hydrogen (secondary N) is 1. The van der Waals surface area contributed by atoms with Crippen LogP contribution in [-0.4, -0.2) is 19.6 Å². The van der Waals surface area contributed by atoms with Crippen LogP contribution in [0.5, 0.6) is 5.75 Å². The predicted molar refractivity (Wildman–Crippen MR) is 85.9 cm³/mol. The maximum absolute atomic E-state index is 12.3. The molecule has 3 rings (SSSR count). The molecule has 3 nitrogen and oxygen atoms in total. The molecule has 108 valence electrons. The zero-order valence-corrected chi connectivity index (χ0v) is 13.3. The summed E-state index contributed by atoms with van der Waals surface area (Å²) in [5.41, 5.74) is 3.34. The second kappa shape index (κ2) is 5.90. The molecule has 1 unspecified atom stereocenters. The van der Waals surface area contributed by atoms with Crippen molar-refractivity contribution < 1.29 is 9.53 Å². The molecule has 0 spiro atoms. The molecule has 0 bridgehead atoms. The van der Waals surface area contributed by atoms with E-state index in [9.17, 15) is 4.79 Å². The third kappa shape index (κ3) is 2.81. The number of ether oxygens (including phenoxy) is 1. The van der Waals surface area contributed by atoms with Gasteiger partial charge < -0.3 is 10.1 Å². The van der Waals surface area contributed by atoms with Crippen LogP contribution in [0, 0.1) is 0 Å². The van der Waals surface area contributed by atoms with Gasteiger partial charge in [0.2, 0.25) is 0 Å². The van der Waals surface area contributed by atoms with Gasteiger partial charge in [-0.05, 0) is 51.7 Å². The standard InChI is InChI=1S/C17H16BrNO2/c1-21-13-6-7-16(18)15(9-13)17(20)19-10-12-8-11-4-2-3-5-14(11)12/h2-7,9,12H,8,10H2,1H3,(H,19,20). The lowest BCUT2D eigenvalue weighted by Gasteiger charge is -2.30. The van der Waals surface area contributed by atoms with Crippen LogP contribution in [-0.2, 0) is 6.42 Å². The molecule has 1 N–H and O–H groups in total. The van der Waals surface area contributed by atoms with E-state index in [1.165, 1.54) is 11.1 Å². The predicted octanol–water partition coefficient (Wildman–Crippen LogP) is 3.53. The summed E-state index contributed by atoms with van der Waals surface area (Å²) < 4.78 is 5.94. The SMILES string of the molecule is COc1ccc(Br)c(C(=O)NCC2Cc3ccccc32)c1. The molecule has 1 aliphatic carbocycles. The van der Waals surface area contributed by atoms with E-state index in [0.29, 0.717) is 23.8 Å². The Hall–Kier alpha value is -1.81. The minimum Gasteiger partial charge on any atom is -0.497 e. The van der Waals surface area contributed by atoms with Gasteiger partial charge in [0.05, 0.1) is 12.7 Å². The van der Waals surface area contributed by atoms with Crippen molar-refractivity contribution in [3.8, 4) is 5.75 Å². The zero-order chi connectivity index (χ0) is 14.8. The summed E-state index contributed by atoms with van der Waals surface area (Å²) in [6.45, 7) is 0.666. The molecule has 1 atom stereocenters. The summed E-state index contributed by atoms with van der Waals surface area (Å²) >= 11 is 3.41. The Kier molecular flexibility index (Phi) is 3.97. The first-order valence-corrected chi connectivity index (χ1v) is 7.68. The van der Waals surface area contributed by atoms with Crippen LogP contribution in [0.25, 0.3) is 0 Å². The van der Waals surface area contributed by atoms with Crippen molar-refractivity contribution in [2.24, 2.45) is 0 Å². The molecule has 2 aromatic rings. The van der Waals surface area contributed by atoms with Crippen molar-refractivity contribution in [3.63, 3.8) is 0 Å². The van der Waals surface area contributed by atoms with Crippen molar-refractivity contribution in [2.75, 3.05) is 13.7 Å². The number of halogens is 1. The average Bonchev–Trinajstić information content (AvgIpc) is 2.48. The lowest BCUT2D eigenvalue weighted by atomic mass is 9.77. The third-order valence-electron chi connectivity index (χ3n) is 3.89. The Balaban J connectivity index is 1.66. The Bertz CT molecular complexity index is 684. The molecule has 0 saturated carbocycles. The highest BCUT2D eigenvalue weighted by atomic mass is 79.9. The number of carbonyl (C=O) groups excluding carboxylic acids is 1. The summed E-state index contributed by atoms with van der Waals surface area (Å²) in [6.07, 6.45) is 1.04. The highest BCUT2D eigenvalue weighted by molar-refractivity contribution is 9.10. The van der Waals surface area contributed by atoms with Crippen LogP contribution in [0.2, 0.25) is 0 Å². The Morgan fingerprint density at radius 2 is 2.14 bits per heavy atom. The molecular weight excluding hydrogens is 330 g/mol. The number of hydrogen-bond donors (Lipinski definition) is 1. The van der Waals surface area contributed by atoms with Crippen molar-refractivity contribution in [1.82, 2.24) is 5.32 Å². The fourth-order valence-electron chi connectivity index (χ4n) is 2.66. The molecule has 0 aliphatic heterocycles. The fourth-order valence-corrected chi connectivity index (χ4v) is 3.09. The van der Waals surface area contributed by atoms with Gasteiger partial charge >= 0.3 is 0 Å². The van der Waals surface area contributed by atoms with E-state index in [0.717, 1.165) is 10.9 Å². The van der Waals surface area contributed by atoms with Crippen LogP contribution in [0.3, 0.4) is 0 Å².